The Morgan fingerprint density at radius 1 is 1.42 bits per heavy atom. The molecule has 1 aliphatic rings. The quantitative estimate of drug-likeness (QED) is 0.931. The van der Waals surface area contributed by atoms with Crippen LogP contribution in [0.4, 0.5) is 0 Å². The van der Waals surface area contributed by atoms with Crippen LogP contribution < -0.4 is 5.32 Å². The molecule has 1 fully saturated rings. The van der Waals surface area contributed by atoms with Crippen LogP contribution in [0.5, 0.6) is 0 Å². The zero-order chi connectivity index (χ0) is 13.1. The summed E-state index contributed by atoms with van der Waals surface area (Å²) in [5, 5.41) is 7.92. The molecule has 1 unspecified atom stereocenters. The second-order valence-electron chi connectivity index (χ2n) is 4.42. The van der Waals surface area contributed by atoms with Gasteiger partial charge < -0.3 is 14.6 Å². The van der Waals surface area contributed by atoms with E-state index in [-0.39, 0.29) is 6.10 Å². The molecule has 5 nitrogen and oxygen atoms in total. The zero-order valence-corrected chi connectivity index (χ0v) is 11.1. The summed E-state index contributed by atoms with van der Waals surface area (Å²) in [7, 11) is 0. The Balaban J connectivity index is 1.70. The highest BCUT2D eigenvalue weighted by Gasteiger charge is 2.22. The van der Waals surface area contributed by atoms with Gasteiger partial charge in [0, 0.05) is 24.5 Å². The summed E-state index contributed by atoms with van der Waals surface area (Å²) >= 11 is 5.95. The summed E-state index contributed by atoms with van der Waals surface area (Å²) in [5.41, 5.74) is 1.06. The topological polar surface area (TPSA) is 60.2 Å². The first-order chi connectivity index (χ1) is 9.31. The first kappa shape index (κ1) is 12.6. The van der Waals surface area contributed by atoms with Gasteiger partial charge in [-0.2, -0.15) is 4.98 Å². The largest absolute Gasteiger partial charge is 0.366 e. The highest BCUT2D eigenvalue weighted by atomic mass is 35.5. The third-order valence-electron chi connectivity index (χ3n) is 2.94. The van der Waals surface area contributed by atoms with Gasteiger partial charge in [-0.1, -0.05) is 28.9 Å². The first-order valence-electron chi connectivity index (χ1n) is 6.20. The predicted octanol–water partition coefficient (Wildman–Crippen LogP) is 1.97. The van der Waals surface area contributed by atoms with Crippen molar-refractivity contribution in [2.24, 2.45) is 0 Å². The van der Waals surface area contributed by atoms with E-state index < -0.39 is 0 Å². The van der Waals surface area contributed by atoms with Crippen LogP contribution in [0, 0.1) is 0 Å². The minimum Gasteiger partial charge on any atom is -0.366 e. The van der Waals surface area contributed by atoms with E-state index in [0.29, 0.717) is 36.3 Å². The van der Waals surface area contributed by atoms with Crippen molar-refractivity contribution in [1.29, 1.82) is 0 Å². The molecule has 1 atom stereocenters. The lowest BCUT2D eigenvalue weighted by molar-refractivity contribution is 0.00755. The van der Waals surface area contributed by atoms with Crippen LogP contribution in [0.2, 0.25) is 5.02 Å². The van der Waals surface area contributed by atoms with Crippen molar-refractivity contribution < 1.29 is 9.26 Å². The molecule has 1 saturated heterocycles. The fourth-order valence-electron chi connectivity index (χ4n) is 2.02. The van der Waals surface area contributed by atoms with E-state index in [1.807, 2.05) is 24.3 Å². The molecule has 1 aromatic carbocycles. The Morgan fingerprint density at radius 3 is 3.16 bits per heavy atom. The minimum atomic E-state index is -0.144. The number of hydrogen-bond acceptors (Lipinski definition) is 5. The minimum absolute atomic E-state index is 0.144. The van der Waals surface area contributed by atoms with Crippen LogP contribution in [0.25, 0.3) is 0 Å². The van der Waals surface area contributed by atoms with Crippen molar-refractivity contribution in [2.75, 3.05) is 19.7 Å². The number of benzene rings is 1. The Morgan fingerprint density at radius 2 is 2.37 bits per heavy atom. The van der Waals surface area contributed by atoms with Crippen LogP contribution in [0.1, 0.15) is 23.4 Å². The van der Waals surface area contributed by atoms with Gasteiger partial charge in [-0.15, -0.1) is 0 Å². The first-order valence-corrected chi connectivity index (χ1v) is 6.58. The Hall–Kier alpha value is -1.43. The maximum atomic E-state index is 5.95. The number of nitrogens with one attached hydrogen (secondary N) is 1. The standard InChI is InChI=1S/C13H14ClN3O2/c14-10-3-1-2-9(6-10)7-12-16-13(19-17-12)11-8-15-4-5-18-11/h1-3,6,11,15H,4-5,7-8H2. The maximum absolute atomic E-state index is 5.95. The molecule has 0 saturated carbocycles. The summed E-state index contributed by atoms with van der Waals surface area (Å²) in [4.78, 5) is 4.37. The average molecular weight is 280 g/mol. The molecule has 0 radical (unpaired) electrons. The summed E-state index contributed by atoms with van der Waals surface area (Å²) < 4.78 is 10.8. The highest BCUT2D eigenvalue weighted by molar-refractivity contribution is 6.30. The number of ether oxygens (including phenoxy) is 1. The molecule has 6 heteroatoms. The molecule has 19 heavy (non-hydrogen) atoms. The Labute approximate surface area is 115 Å². The van der Waals surface area contributed by atoms with E-state index in [1.165, 1.54) is 0 Å². The van der Waals surface area contributed by atoms with Crippen molar-refractivity contribution in [3.63, 3.8) is 0 Å². The van der Waals surface area contributed by atoms with E-state index >= 15 is 0 Å². The van der Waals surface area contributed by atoms with E-state index in [9.17, 15) is 0 Å². The van der Waals surface area contributed by atoms with Crippen LogP contribution in [-0.2, 0) is 11.2 Å². The average Bonchev–Trinajstić information content (AvgIpc) is 2.88. The lowest BCUT2D eigenvalue weighted by Gasteiger charge is -2.19. The fraction of sp³-hybridized carbons (Fsp3) is 0.385. The molecule has 1 aliphatic heterocycles. The molecule has 2 heterocycles. The number of morpholine rings is 1. The van der Waals surface area contributed by atoms with Gasteiger partial charge in [0.05, 0.1) is 6.61 Å². The zero-order valence-electron chi connectivity index (χ0n) is 10.3. The van der Waals surface area contributed by atoms with E-state index in [4.69, 9.17) is 20.9 Å². The van der Waals surface area contributed by atoms with Crippen LogP contribution in [-0.4, -0.2) is 29.8 Å². The van der Waals surface area contributed by atoms with E-state index in [2.05, 4.69) is 15.5 Å². The number of halogens is 1. The lowest BCUT2D eigenvalue weighted by atomic mass is 10.1. The summed E-state index contributed by atoms with van der Waals surface area (Å²) in [5.74, 6) is 1.18. The molecule has 1 aromatic heterocycles. The number of hydrogen-bond donors (Lipinski definition) is 1. The Kier molecular flexibility index (Phi) is 3.77. The third kappa shape index (κ3) is 3.12. The van der Waals surface area contributed by atoms with Crippen molar-refractivity contribution in [2.45, 2.75) is 12.5 Å². The van der Waals surface area contributed by atoms with Gasteiger partial charge in [-0.25, -0.2) is 0 Å². The van der Waals surface area contributed by atoms with E-state index in [0.717, 1.165) is 12.1 Å². The molecular weight excluding hydrogens is 266 g/mol. The SMILES string of the molecule is Clc1cccc(Cc2noc(C3CNCCO3)n2)c1. The number of aromatic nitrogens is 2. The maximum Gasteiger partial charge on any atom is 0.257 e. The molecule has 3 rings (SSSR count). The summed E-state index contributed by atoms with van der Waals surface area (Å²) in [6.45, 7) is 2.23. The summed E-state index contributed by atoms with van der Waals surface area (Å²) in [6, 6.07) is 7.64. The highest BCUT2D eigenvalue weighted by Crippen LogP contribution is 2.18. The molecule has 2 aromatic rings. The second-order valence-corrected chi connectivity index (χ2v) is 4.86. The van der Waals surface area contributed by atoms with Crippen molar-refractivity contribution >= 4 is 11.6 Å². The molecule has 0 bridgehead atoms. The van der Waals surface area contributed by atoms with Gasteiger partial charge in [0.15, 0.2) is 5.82 Å². The molecule has 0 aliphatic carbocycles. The number of nitrogens with zero attached hydrogens (tertiary/aromatic N) is 2. The normalized spacial score (nSPS) is 19.5. The van der Waals surface area contributed by atoms with Crippen LogP contribution in [0.3, 0.4) is 0 Å². The smallest absolute Gasteiger partial charge is 0.257 e. The van der Waals surface area contributed by atoms with Gasteiger partial charge in [-0.05, 0) is 17.7 Å². The summed E-state index contributed by atoms with van der Waals surface area (Å²) in [6.07, 6.45) is 0.457. The lowest BCUT2D eigenvalue weighted by Crippen LogP contribution is -2.33. The molecule has 1 N–H and O–H groups in total. The fourth-order valence-corrected chi connectivity index (χ4v) is 2.24. The van der Waals surface area contributed by atoms with Gasteiger partial charge in [0.2, 0.25) is 0 Å². The molecule has 0 spiro atoms. The predicted molar refractivity (Wildman–Crippen MR) is 70.1 cm³/mol. The molecule has 0 amide bonds. The molecular formula is C13H14ClN3O2. The van der Waals surface area contributed by atoms with Crippen LogP contribution in [0.15, 0.2) is 28.8 Å². The van der Waals surface area contributed by atoms with Crippen LogP contribution >= 0.6 is 11.6 Å². The van der Waals surface area contributed by atoms with Gasteiger partial charge in [-0.3, -0.25) is 0 Å². The third-order valence-corrected chi connectivity index (χ3v) is 3.17. The van der Waals surface area contributed by atoms with Crippen molar-refractivity contribution in [3.8, 4) is 0 Å². The Bertz CT molecular complexity index is 552. The monoisotopic (exact) mass is 279 g/mol. The van der Waals surface area contributed by atoms with E-state index in [1.54, 1.807) is 0 Å². The van der Waals surface area contributed by atoms with Gasteiger partial charge in [0.1, 0.15) is 6.10 Å². The van der Waals surface area contributed by atoms with Crippen molar-refractivity contribution in [3.05, 3.63) is 46.6 Å². The van der Waals surface area contributed by atoms with Gasteiger partial charge in [0.25, 0.3) is 5.89 Å². The second kappa shape index (κ2) is 5.69. The van der Waals surface area contributed by atoms with Gasteiger partial charge >= 0.3 is 0 Å². The number of rotatable bonds is 3. The van der Waals surface area contributed by atoms with Crippen molar-refractivity contribution in [1.82, 2.24) is 15.5 Å². The molecule has 100 valence electrons.